The van der Waals surface area contributed by atoms with Gasteiger partial charge in [-0.15, -0.1) is 0 Å². The number of hydrogen-bond acceptors (Lipinski definition) is 5. The zero-order valence-corrected chi connectivity index (χ0v) is 20.1. The van der Waals surface area contributed by atoms with Gasteiger partial charge in [-0.25, -0.2) is 9.59 Å². The Morgan fingerprint density at radius 1 is 1.09 bits per heavy atom. The highest BCUT2D eigenvalue weighted by Gasteiger charge is 2.31. The molecule has 1 saturated heterocycles. The summed E-state index contributed by atoms with van der Waals surface area (Å²) in [5.41, 5.74) is 4.64. The first-order valence-corrected chi connectivity index (χ1v) is 12.1. The summed E-state index contributed by atoms with van der Waals surface area (Å²) < 4.78 is 10.8. The van der Waals surface area contributed by atoms with Crippen LogP contribution in [0.25, 0.3) is 11.1 Å². The lowest BCUT2D eigenvalue weighted by Gasteiger charge is -2.32. The Hall–Kier alpha value is -3.39. The lowest BCUT2D eigenvalue weighted by molar-refractivity contribution is -0.159. The molecule has 1 aliphatic heterocycles. The number of morpholine rings is 1. The number of alkyl carbamates (subject to hydrolysis) is 1. The van der Waals surface area contributed by atoms with Crippen molar-refractivity contribution in [2.75, 3.05) is 32.8 Å². The van der Waals surface area contributed by atoms with E-state index in [0.717, 1.165) is 11.1 Å². The van der Waals surface area contributed by atoms with Crippen LogP contribution in [0.1, 0.15) is 37.3 Å². The van der Waals surface area contributed by atoms with Crippen molar-refractivity contribution in [3.8, 4) is 11.1 Å². The topological polar surface area (TPSA) is 105 Å². The number of benzene rings is 2. The lowest BCUT2D eigenvalue weighted by Crippen LogP contribution is -2.49. The molecule has 0 spiro atoms. The predicted octanol–water partition coefficient (Wildman–Crippen LogP) is 3.50. The minimum absolute atomic E-state index is 0.0147. The van der Waals surface area contributed by atoms with Crippen LogP contribution in [0.2, 0.25) is 0 Å². The molecule has 0 radical (unpaired) electrons. The summed E-state index contributed by atoms with van der Waals surface area (Å²) in [6.45, 7) is 5.13. The van der Waals surface area contributed by atoms with Crippen LogP contribution in [0.3, 0.4) is 0 Å². The number of carboxylic acids is 1. The van der Waals surface area contributed by atoms with Gasteiger partial charge in [-0.05, 0) is 34.1 Å². The molecular formula is C27H32N2O6. The van der Waals surface area contributed by atoms with Crippen LogP contribution in [0.4, 0.5) is 4.79 Å². The molecule has 2 N–H and O–H groups in total. The van der Waals surface area contributed by atoms with E-state index in [0.29, 0.717) is 13.1 Å². The standard InChI is InChI=1S/C27H32N2O6/c1-17(2)18(13-25(30)29-11-12-34-24(15-29)26(31)32)14-28-27(33)35-16-23-21-9-5-3-7-19(21)20-8-4-6-10-22(20)23/h3-10,17-18,23-24H,11-16H2,1-2H3,(H,28,33)(H,31,32). The van der Waals surface area contributed by atoms with Crippen LogP contribution in [0.15, 0.2) is 48.5 Å². The minimum Gasteiger partial charge on any atom is -0.479 e. The average Bonchev–Trinajstić information content (AvgIpc) is 3.18. The quantitative estimate of drug-likeness (QED) is 0.599. The summed E-state index contributed by atoms with van der Waals surface area (Å²) in [5, 5.41) is 12.0. The van der Waals surface area contributed by atoms with Gasteiger partial charge in [0.15, 0.2) is 6.10 Å². The van der Waals surface area contributed by atoms with Gasteiger partial charge in [0.25, 0.3) is 0 Å². The third-order valence-corrected chi connectivity index (χ3v) is 6.93. The summed E-state index contributed by atoms with van der Waals surface area (Å²) in [6.07, 6.45) is -1.29. The Kier molecular flexibility index (Phi) is 7.70. The lowest BCUT2D eigenvalue weighted by atomic mass is 9.91. The first-order chi connectivity index (χ1) is 16.8. The van der Waals surface area contributed by atoms with Crippen LogP contribution in [0.5, 0.6) is 0 Å². The van der Waals surface area contributed by atoms with Gasteiger partial charge in [0.2, 0.25) is 5.91 Å². The zero-order chi connectivity index (χ0) is 24.9. The molecule has 4 rings (SSSR count). The van der Waals surface area contributed by atoms with Crippen molar-refractivity contribution < 1.29 is 29.0 Å². The number of carbonyl (C=O) groups excluding carboxylic acids is 2. The average molecular weight is 481 g/mol. The van der Waals surface area contributed by atoms with Crippen molar-refractivity contribution in [1.29, 1.82) is 0 Å². The number of nitrogens with zero attached hydrogens (tertiary/aromatic N) is 1. The van der Waals surface area contributed by atoms with Gasteiger partial charge in [0.1, 0.15) is 6.61 Å². The predicted molar refractivity (Wildman–Crippen MR) is 130 cm³/mol. The summed E-state index contributed by atoms with van der Waals surface area (Å²) in [6, 6.07) is 16.3. The van der Waals surface area contributed by atoms with Gasteiger partial charge in [0.05, 0.1) is 13.2 Å². The maximum absolute atomic E-state index is 12.8. The van der Waals surface area contributed by atoms with Crippen molar-refractivity contribution in [2.24, 2.45) is 11.8 Å². The van der Waals surface area contributed by atoms with Gasteiger partial charge in [0, 0.05) is 25.4 Å². The van der Waals surface area contributed by atoms with Crippen molar-refractivity contribution in [1.82, 2.24) is 10.2 Å². The smallest absolute Gasteiger partial charge is 0.407 e. The summed E-state index contributed by atoms with van der Waals surface area (Å²) in [4.78, 5) is 38.1. The van der Waals surface area contributed by atoms with E-state index >= 15 is 0 Å². The van der Waals surface area contributed by atoms with Crippen LogP contribution in [-0.4, -0.2) is 66.9 Å². The molecule has 1 fully saturated rings. The Morgan fingerprint density at radius 2 is 1.71 bits per heavy atom. The number of hydrogen-bond donors (Lipinski definition) is 2. The number of carbonyl (C=O) groups is 3. The van der Waals surface area contributed by atoms with E-state index in [1.165, 1.54) is 16.0 Å². The maximum atomic E-state index is 12.8. The van der Waals surface area contributed by atoms with Crippen LogP contribution in [0, 0.1) is 11.8 Å². The molecule has 1 aliphatic carbocycles. The van der Waals surface area contributed by atoms with E-state index in [2.05, 4.69) is 29.6 Å². The van der Waals surface area contributed by atoms with E-state index in [9.17, 15) is 14.4 Å². The van der Waals surface area contributed by atoms with E-state index in [4.69, 9.17) is 14.6 Å². The Balaban J connectivity index is 1.30. The fourth-order valence-electron chi connectivity index (χ4n) is 4.79. The second-order valence-electron chi connectivity index (χ2n) is 9.45. The molecule has 2 amide bonds. The van der Waals surface area contributed by atoms with Gasteiger partial charge in [-0.3, -0.25) is 4.79 Å². The molecule has 2 aromatic carbocycles. The van der Waals surface area contributed by atoms with Crippen LogP contribution < -0.4 is 5.32 Å². The summed E-state index contributed by atoms with van der Waals surface area (Å²) in [7, 11) is 0. The number of aliphatic carboxylic acids is 1. The number of amides is 2. The van der Waals surface area contributed by atoms with E-state index in [1.54, 1.807) is 0 Å². The monoisotopic (exact) mass is 480 g/mol. The second kappa shape index (κ2) is 10.9. The van der Waals surface area contributed by atoms with E-state index in [-0.39, 0.29) is 49.8 Å². The van der Waals surface area contributed by atoms with Crippen molar-refractivity contribution in [3.63, 3.8) is 0 Å². The molecule has 0 aromatic heterocycles. The third kappa shape index (κ3) is 5.65. The fourth-order valence-corrected chi connectivity index (χ4v) is 4.79. The van der Waals surface area contributed by atoms with E-state index < -0.39 is 18.2 Å². The fraction of sp³-hybridized carbons (Fsp3) is 0.444. The summed E-state index contributed by atoms with van der Waals surface area (Å²) in [5.74, 6) is -1.18. The van der Waals surface area contributed by atoms with Crippen LogP contribution in [-0.2, 0) is 19.1 Å². The highest BCUT2D eigenvalue weighted by Crippen LogP contribution is 2.44. The highest BCUT2D eigenvalue weighted by atomic mass is 16.5. The number of fused-ring (bicyclic) bond motifs is 3. The molecule has 0 saturated carbocycles. The third-order valence-electron chi connectivity index (χ3n) is 6.93. The van der Waals surface area contributed by atoms with Crippen molar-refractivity contribution in [2.45, 2.75) is 32.3 Å². The molecule has 2 atom stereocenters. The van der Waals surface area contributed by atoms with Gasteiger partial charge < -0.3 is 24.8 Å². The molecular weight excluding hydrogens is 448 g/mol. The van der Waals surface area contributed by atoms with Gasteiger partial charge in [-0.2, -0.15) is 0 Å². The van der Waals surface area contributed by atoms with Gasteiger partial charge in [-0.1, -0.05) is 62.4 Å². The molecule has 2 unspecified atom stereocenters. The Morgan fingerprint density at radius 3 is 2.31 bits per heavy atom. The first-order valence-electron chi connectivity index (χ1n) is 12.1. The number of nitrogens with one attached hydrogen (secondary N) is 1. The minimum atomic E-state index is -1.07. The first kappa shape index (κ1) is 24.7. The molecule has 8 nitrogen and oxygen atoms in total. The number of ether oxygens (including phenoxy) is 2. The number of carboxylic acid groups (broad SMARTS) is 1. The Labute approximate surface area is 205 Å². The molecule has 35 heavy (non-hydrogen) atoms. The van der Waals surface area contributed by atoms with Crippen molar-refractivity contribution >= 4 is 18.0 Å². The van der Waals surface area contributed by atoms with E-state index in [1.807, 2.05) is 38.1 Å². The van der Waals surface area contributed by atoms with Gasteiger partial charge >= 0.3 is 12.1 Å². The number of rotatable bonds is 8. The largest absolute Gasteiger partial charge is 0.479 e. The zero-order valence-electron chi connectivity index (χ0n) is 20.1. The normalized spacial score (nSPS) is 18.0. The molecule has 1 heterocycles. The molecule has 8 heteroatoms. The molecule has 2 aromatic rings. The maximum Gasteiger partial charge on any atom is 0.407 e. The SMILES string of the molecule is CC(C)C(CNC(=O)OCC1c2ccccc2-c2ccccc21)CC(=O)N1CCOC(C(=O)O)C1. The van der Waals surface area contributed by atoms with Crippen LogP contribution >= 0.6 is 0 Å². The second-order valence-corrected chi connectivity index (χ2v) is 9.45. The molecule has 2 aliphatic rings. The summed E-state index contributed by atoms with van der Waals surface area (Å²) >= 11 is 0. The highest BCUT2D eigenvalue weighted by molar-refractivity contribution is 5.80. The molecule has 186 valence electrons. The molecule has 0 bridgehead atoms. The Bertz CT molecular complexity index is 1040. The van der Waals surface area contributed by atoms with Crippen molar-refractivity contribution in [3.05, 3.63) is 59.7 Å².